The molecule has 12 heavy (non-hydrogen) atoms. The van der Waals surface area contributed by atoms with Gasteiger partial charge in [-0.3, -0.25) is 0 Å². The first-order valence-corrected chi connectivity index (χ1v) is 4.53. The maximum absolute atomic E-state index is 12.0. The molecule has 0 fully saturated rings. The van der Waals surface area contributed by atoms with Crippen LogP contribution in [0.1, 0.15) is 0 Å². The second-order valence-electron chi connectivity index (χ2n) is 2.22. The summed E-state index contributed by atoms with van der Waals surface area (Å²) in [6, 6.07) is 0. The van der Waals surface area contributed by atoms with E-state index in [0.717, 1.165) is 0 Å². The van der Waals surface area contributed by atoms with Crippen molar-refractivity contribution < 1.29 is 28.8 Å². The zero-order chi connectivity index (χ0) is 9.90. The average molecular weight is 217 g/mol. The van der Waals surface area contributed by atoms with Crippen molar-refractivity contribution in [2.45, 2.75) is 5.38 Å². The molecule has 0 aromatic heterocycles. The maximum atomic E-state index is 12.0. The van der Waals surface area contributed by atoms with Gasteiger partial charge in [0.05, 0.1) is 11.6 Å². The Bertz CT molecular complexity index is 261. The summed E-state index contributed by atoms with van der Waals surface area (Å²) >= 11 is 0. The number of halogens is 7. The van der Waals surface area contributed by atoms with E-state index in [1.54, 1.807) is 0 Å². The quantitative estimate of drug-likeness (QED) is 0.340. The second kappa shape index (κ2) is 1.42. The van der Waals surface area contributed by atoms with E-state index in [9.17, 15) is 28.8 Å². The molecule has 1 rings (SSSR count). The zero-order valence-electron chi connectivity index (χ0n) is 5.16. The van der Waals surface area contributed by atoms with E-state index in [4.69, 9.17) is 0 Å². The van der Waals surface area contributed by atoms with Gasteiger partial charge in [-0.05, 0) is 0 Å². The van der Waals surface area contributed by atoms with Crippen molar-refractivity contribution in [1.82, 2.24) is 5.12 Å². The number of alkyl halides is 2. The fraction of sp³-hybridized carbons (Fsp3) is 0.333. The van der Waals surface area contributed by atoms with Crippen LogP contribution in [0.15, 0.2) is 11.6 Å². The molecule has 0 atom stereocenters. The van der Waals surface area contributed by atoms with Crippen molar-refractivity contribution in [3.63, 3.8) is 0 Å². The molecule has 0 unspecified atom stereocenters. The zero-order valence-corrected chi connectivity index (χ0v) is 5.97. The van der Waals surface area contributed by atoms with Crippen molar-refractivity contribution in [2.24, 2.45) is 0 Å². The van der Waals surface area contributed by atoms with Crippen molar-refractivity contribution in [3.05, 3.63) is 11.6 Å². The normalized spacial score (nSPS) is 39.4. The van der Waals surface area contributed by atoms with Crippen molar-refractivity contribution in [2.75, 3.05) is 0 Å². The van der Waals surface area contributed by atoms with Crippen molar-refractivity contribution in [3.8, 4) is 0 Å². The van der Waals surface area contributed by atoms with Crippen molar-refractivity contribution >= 4 is 9.84 Å². The first-order valence-electron chi connectivity index (χ1n) is 2.42. The van der Waals surface area contributed by atoms with Gasteiger partial charge >= 0.3 is 5.38 Å². The van der Waals surface area contributed by atoms with Gasteiger partial charge in [-0.15, -0.1) is 20.7 Å². The van der Waals surface area contributed by atoms with E-state index in [0.29, 0.717) is 0 Å². The Hall–Kier alpha value is -0.600. The molecule has 0 aliphatic carbocycles. The van der Waals surface area contributed by atoms with Gasteiger partial charge < -0.3 is 0 Å². The third kappa shape index (κ3) is 0.822. The van der Waals surface area contributed by atoms with E-state index in [1.165, 1.54) is 0 Å². The number of nitrogens with zero attached hydrogens (tertiary/aromatic N) is 1. The van der Waals surface area contributed by atoms with Crippen LogP contribution >= 0.6 is 9.84 Å². The Balaban J connectivity index is 3.40. The molecule has 9 heteroatoms. The molecule has 0 aromatic rings. The SMILES string of the molecule is FN1C=CS(F)(F)(F)(F)C1(F)F. The molecule has 1 nitrogen and oxygen atoms in total. The minimum atomic E-state index is -9.70. The highest BCUT2D eigenvalue weighted by Crippen LogP contribution is 3.05. The van der Waals surface area contributed by atoms with Crippen LogP contribution in [0.5, 0.6) is 0 Å². The summed E-state index contributed by atoms with van der Waals surface area (Å²) in [5.74, 6) is 0. The monoisotopic (exact) mass is 217 g/mol. The second-order valence-corrected chi connectivity index (χ2v) is 5.24. The number of hydrogen-bond acceptors (Lipinski definition) is 1. The van der Waals surface area contributed by atoms with Crippen LogP contribution < -0.4 is 0 Å². The molecule has 0 radical (unpaired) electrons. The molecular formula is C3H2F7NS. The van der Waals surface area contributed by atoms with Crippen LogP contribution in [0.4, 0.5) is 28.8 Å². The van der Waals surface area contributed by atoms with Gasteiger partial charge in [-0.1, -0.05) is 4.48 Å². The van der Waals surface area contributed by atoms with E-state index in [2.05, 4.69) is 0 Å². The van der Waals surface area contributed by atoms with Gasteiger partial charge in [0.15, 0.2) is 0 Å². The van der Waals surface area contributed by atoms with Gasteiger partial charge in [-0.25, -0.2) is 0 Å². The predicted octanol–water partition coefficient (Wildman–Crippen LogP) is 3.62. The molecule has 0 bridgehead atoms. The van der Waals surface area contributed by atoms with Crippen LogP contribution in [-0.2, 0) is 0 Å². The summed E-state index contributed by atoms with van der Waals surface area (Å²) in [7, 11) is -9.70. The lowest BCUT2D eigenvalue weighted by molar-refractivity contribution is -0.152. The lowest BCUT2D eigenvalue weighted by atomic mass is 11.0. The summed E-state index contributed by atoms with van der Waals surface area (Å²) in [6.07, 6.45) is -0.679. The average Bonchev–Trinajstić information content (AvgIpc) is 1.89. The first-order chi connectivity index (χ1) is 4.90. The highest BCUT2D eigenvalue weighted by molar-refractivity contribution is 8.52. The summed E-state index contributed by atoms with van der Waals surface area (Å²) in [6.45, 7) is 0. The molecule has 0 amide bonds. The lowest BCUT2D eigenvalue weighted by Crippen LogP contribution is -2.39. The molecule has 1 aliphatic rings. The highest BCUT2D eigenvalue weighted by Gasteiger charge is 2.85. The minimum absolute atomic E-state index is 0.679. The smallest absolute Gasteiger partial charge is 0.163 e. The molecule has 74 valence electrons. The van der Waals surface area contributed by atoms with Gasteiger partial charge in [0, 0.05) is 0 Å². The molecule has 1 aliphatic heterocycles. The maximum Gasteiger partial charge on any atom is 0.466 e. The molecular weight excluding hydrogens is 215 g/mol. The summed E-state index contributed by atoms with van der Waals surface area (Å²) < 4.78 is 83.7. The van der Waals surface area contributed by atoms with E-state index in [-0.39, 0.29) is 0 Å². The molecule has 0 saturated heterocycles. The molecule has 0 saturated carbocycles. The van der Waals surface area contributed by atoms with E-state index >= 15 is 0 Å². The summed E-state index contributed by atoms with van der Waals surface area (Å²) in [5, 5.41) is -9.42. The molecule has 0 spiro atoms. The Morgan fingerprint density at radius 2 is 1.50 bits per heavy atom. The topological polar surface area (TPSA) is 3.24 Å². The Kier molecular flexibility index (Phi) is 1.13. The van der Waals surface area contributed by atoms with Crippen LogP contribution in [0, 0.1) is 0 Å². The minimum Gasteiger partial charge on any atom is -0.163 e. The van der Waals surface area contributed by atoms with Crippen LogP contribution in [0.2, 0.25) is 0 Å². The van der Waals surface area contributed by atoms with E-state index < -0.39 is 31.9 Å². The lowest BCUT2D eigenvalue weighted by Gasteiger charge is -2.47. The third-order valence-corrected chi connectivity index (χ3v) is 3.10. The van der Waals surface area contributed by atoms with Crippen LogP contribution in [0.25, 0.3) is 0 Å². The van der Waals surface area contributed by atoms with Gasteiger partial charge in [0.2, 0.25) is 0 Å². The third-order valence-electron chi connectivity index (χ3n) is 1.23. The predicted molar refractivity (Wildman–Crippen MR) is 29.1 cm³/mol. The Morgan fingerprint density at radius 1 is 1.08 bits per heavy atom. The van der Waals surface area contributed by atoms with Gasteiger partial charge in [0.25, 0.3) is 9.84 Å². The van der Waals surface area contributed by atoms with E-state index in [1.807, 2.05) is 0 Å². The fourth-order valence-corrected chi connectivity index (χ4v) is 1.47. The van der Waals surface area contributed by atoms with Crippen molar-refractivity contribution in [1.29, 1.82) is 0 Å². The van der Waals surface area contributed by atoms with Crippen LogP contribution in [-0.4, -0.2) is 10.5 Å². The number of rotatable bonds is 0. The van der Waals surface area contributed by atoms with Gasteiger partial charge in [-0.2, -0.15) is 8.78 Å². The standard InChI is InChI=1S/C3H2F7NS/c4-3(5)11(6)1-2-12(3,7,8,9)10/h1-2H. The fourth-order valence-electron chi connectivity index (χ4n) is 0.527. The highest BCUT2D eigenvalue weighted by atomic mass is 32.5. The Labute approximate surface area is 61.8 Å². The molecule has 1 heterocycles. The first kappa shape index (κ1) is 9.49. The Morgan fingerprint density at radius 3 is 1.58 bits per heavy atom. The van der Waals surface area contributed by atoms with Crippen LogP contribution in [0.3, 0.4) is 0 Å². The summed E-state index contributed by atoms with van der Waals surface area (Å²) in [5.41, 5.74) is 0. The molecule has 0 N–H and O–H groups in total. The molecule has 0 aromatic carbocycles. The largest absolute Gasteiger partial charge is 0.466 e. The van der Waals surface area contributed by atoms with Gasteiger partial charge in [0.1, 0.15) is 0 Å². The number of hydrogen-bond donors (Lipinski definition) is 0. The summed E-state index contributed by atoms with van der Waals surface area (Å²) in [4.78, 5) is 0.